The monoisotopic (exact) mass is 414 g/mol. The molecule has 3 rings (SSSR count). The van der Waals surface area contributed by atoms with Gasteiger partial charge >= 0.3 is 11.9 Å². The van der Waals surface area contributed by atoms with Crippen LogP contribution in [0.2, 0.25) is 0 Å². The maximum atomic E-state index is 12.8. The number of ether oxygens (including phenoxy) is 1. The van der Waals surface area contributed by atoms with Gasteiger partial charge in [0.25, 0.3) is 0 Å². The highest BCUT2D eigenvalue weighted by Crippen LogP contribution is 2.62. The second kappa shape index (κ2) is 8.83. The van der Waals surface area contributed by atoms with Crippen LogP contribution in [0.25, 0.3) is 0 Å². The molecule has 1 N–H and O–H groups in total. The lowest BCUT2D eigenvalue weighted by Gasteiger charge is -2.57. The minimum absolute atomic E-state index is 0.0136. The molecule has 1 aromatic rings. The first-order chi connectivity index (χ1) is 14.3. The quantitative estimate of drug-likeness (QED) is 0.359. The highest BCUT2D eigenvalue weighted by atomic mass is 16.5. The third-order valence-corrected chi connectivity index (χ3v) is 7.94. The summed E-state index contributed by atoms with van der Waals surface area (Å²) in [6, 6.07) is 1.98. The van der Waals surface area contributed by atoms with Crippen molar-refractivity contribution >= 4 is 11.9 Å². The Morgan fingerprint density at radius 2 is 2.13 bits per heavy atom. The predicted molar refractivity (Wildman–Crippen MR) is 115 cm³/mol. The van der Waals surface area contributed by atoms with Crippen molar-refractivity contribution in [3.8, 4) is 0 Å². The Morgan fingerprint density at radius 3 is 2.77 bits per heavy atom. The Kier molecular flexibility index (Phi) is 6.59. The van der Waals surface area contributed by atoms with Gasteiger partial charge in [0, 0.05) is 5.57 Å². The Hall–Kier alpha value is -2.30. The smallest absolute Gasteiger partial charge is 0.333 e. The molecule has 5 heteroatoms. The van der Waals surface area contributed by atoms with Crippen LogP contribution in [0.4, 0.5) is 0 Å². The number of aryl methyl sites for hydroxylation is 1. The van der Waals surface area contributed by atoms with Crippen LogP contribution in [-0.4, -0.2) is 23.7 Å². The van der Waals surface area contributed by atoms with Gasteiger partial charge in [-0.15, -0.1) is 0 Å². The van der Waals surface area contributed by atoms with Crippen molar-refractivity contribution in [2.45, 2.75) is 66.2 Å². The second-order valence-electron chi connectivity index (χ2n) is 9.26. The number of esters is 1. The van der Waals surface area contributed by atoms with E-state index >= 15 is 0 Å². The lowest BCUT2D eigenvalue weighted by atomic mass is 9.46. The summed E-state index contributed by atoms with van der Waals surface area (Å²) in [7, 11) is 0. The fourth-order valence-corrected chi connectivity index (χ4v) is 5.65. The first-order valence-corrected chi connectivity index (χ1v) is 11.0. The third kappa shape index (κ3) is 3.86. The SMILES string of the molecule is CC=C(C)C(=O)OCC1=CCCC2C1(C(=O)O)CCC(C)C2(C)CCc1ccoc1. The van der Waals surface area contributed by atoms with Crippen molar-refractivity contribution in [1.82, 2.24) is 0 Å². The molecule has 0 aliphatic heterocycles. The number of rotatable bonds is 7. The molecule has 2 aliphatic carbocycles. The molecule has 30 heavy (non-hydrogen) atoms. The van der Waals surface area contributed by atoms with Crippen LogP contribution >= 0.6 is 0 Å². The Morgan fingerprint density at radius 1 is 1.37 bits per heavy atom. The van der Waals surface area contributed by atoms with Crippen molar-refractivity contribution in [2.24, 2.45) is 22.7 Å². The zero-order valence-electron chi connectivity index (χ0n) is 18.6. The molecule has 1 fully saturated rings. The number of fused-ring (bicyclic) bond motifs is 1. The van der Waals surface area contributed by atoms with Crippen LogP contribution in [0.1, 0.15) is 65.4 Å². The molecule has 0 bridgehead atoms. The summed E-state index contributed by atoms with van der Waals surface area (Å²) in [6.07, 6.45) is 12.1. The van der Waals surface area contributed by atoms with Crippen molar-refractivity contribution in [1.29, 1.82) is 0 Å². The van der Waals surface area contributed by atoms with Gasteiger partial charge in [0.05, 0.1) is 17.9 Å². The normalized spacial score (nSPS) is 31.6. The van der Waals surface area contributed by atoms with Crippen LogP contribution in [0.5, 0.6) is 0 Å². The van der Waals surface area contributed by atoms with E-state index in [0.717, 1.165) is 43.2 Å². The lowest BCUT2D eigenvalue weighted by molar-refractivity contribution is -0.164. The fourth-order valence-electron chi connectivity index (χ4n) is 5.65. The number of carbonyl (C=O) groups excluding carboxylic acids is 1. The van der Waals surface area contributed by atoms with Crippen LogP contribution in [0, 0.1) is 22.7 Å². The average Bonchev–Trinajstić information content (AvgIpc) is 3.26. The van der Waals surface area contributed by atoms with E-state index in [9.17, 15) is 14.7 Å². The summed E-state index contributed by atoms with van der Waals surface area (Å²) in [5.74, 6) is -0.722. The first kappa shape index (κ1) is 22.4. The lowest BCUT2D eigenvalue weighted by Crippen LogP contribution is -2.55. The van der Waals surface area contributed by atoms with E-state index < -0.39 is 11.4 Å². The van der Waals surface area contributed by atoms with E-state index in [1.165, 1.54) is 0 Å². The van der Waals surface area contributed by atoms with Gasteiger partial charge in [-0.3, -0.25) is 4.79 Å². The van der Waals surface area contributed by atoms with Gasteiger partial charge in [0.15, 0.2) is 0 Å². The summed E-state index contributed by atoms with van der Waals surface area (Å²) in [4.78, 5) is 25.0. The molecule has 0 radical (unpaired) electrons. The standard InChI is InChI=1S/C25H34O5/c1-5-17(2)22(26)30-16-20-7-6-8-21-24(4,12-10-19-11-14-29-15-19)18(3)9-13-25(20,21)23(27)28/h5,7,11,14-15,18,21H,6,8-10,12-13,16H2,1-4H3,(H,27,28). The summed E-state index contributed by atoms with van der Waals surface area (Å²) >= 11 is 0. The molecule has 0 saturated heterocycles. The molecular weight excluding hydrogens is 380 g/mol. The van der Waals surface area contributed by atoms with Crippen LogP contribution in [-0.2, 0) is 20.7 Å². The minimum atomic E-state index is -0.958. The van der Waals surface area contributed by atoms with Crippen LogP contribution in [0.3, 0.4) is 0 Å². The minimum Gasteiger partial charge on any atom is -0.481 e. The number of carbonyl (C=O) groups is 2. The number of allylic oxidation sites excluding steroid dienone is 2. The van der Waals surface area contributed by atoms with E-state index in [1.54, 1.807) is 32.4 Å². The van der Waals surface area contributed by atoms with Gasteiger partial charge in [-0.05, 0) is 86.8 Å². The van der Waals surface area contributed by atoms with Gasteiger partial charge in [-0.25, -0.2) is 4.79 Å². The molecular formula is C25H34O5. The van der Waals surface area contributed by atoms with Gasteiger partial charge in [0.2, 0.25) is 0 Å². The molecule has 1 aromatic heterocycles. The predicted octanol–water partition coefficient (Wildman–Crippen LogP) is 5.57. The highest BCUT2D eigenvalue weighted by molar-refractivity contribution is 5.88. The summed E-state index contributed by atoms with van der Waals surface area (Å²) in [5, 5.41) is 10.5. The Labute approximate surface area is 179 Å². The van der Waals surface area contributed by atoms with Crippen molar-refractivity contribution in [3.63, 3.8) is 0 Å². The first-order valence-electron chi connectivity index (χ1n) is 11.0. The van der Waals surface area contributed by atoms with E-state index in [4.69, 9.17) is 9.15 Å². The van der Waals surface area contributed by atoms with E-state index in [0.29, 0.717) is 17.9 Å². The zero-order valence-corrected chi connectivity index (χ0v) is 18.6. The number of carboxylic acid groups (broad SMARTS) is 1. The van der Waals surface area contributed by atoms with Crippen LogP contribution < -0.4 is 0 Å². The van der Waals surface area contributed by atoms with E-state index in [-0.39, 0.29) is 23.9 Å². The number of hydrogen-bond acceptors (Lipinski definition) is 4. The Bertz CT molecular complexity index is 834. The third-order valence-electron chi connectivity index (χ3n) is 7.94. The number of aliphatic carboxylic acids is 1. The number of hydrogen-bond donors (Lipinski definition) is 1. The van der Waals surface area contributed by atoms with Gasteiger partial charge in [-0.1, -0.05) is 26.0 Å². The average molecular weight is 415 g/mol. The van der Waals surface area contributed by atoms with Crippen molar-refractivity contribution < 1.29 is 23.8 Å². The van der Waals surface area contributed by atoms with Crippen LogP contribution in [0.15, 0.2) is 46.3 Å². The molecule has 4 unspecified atom stereocenters. The number of furan rings is 1. The van der Waals surface area contributed by atoms with E-state index in [2.05, 4.69) is 13.8 Å². The maximum absolute atomic E-state index is 12.8. The van der Waals surface area contributed by atoms with Crippen molar-refractivity contribution in [2.75, 3.05) is 6.61 Å². The van der Waals surface area contributed by atoms with Crippen molar-refractivity contribution in [3.05, 3.63) is 47.5 Å². The molecule has 164 valence electrons. The second-order valence-corrected chi connectivity index (χ2v) is 9.26. The summed E-state index contributed by atoms with van der Waals surface area (Å²) in [6.45, 7) is 8.08. The molecule has 0 spiro atoms. The number of carboxylic acids is 1. The summed E-state index contributed by atoms with van der Waals surface area (Å²) in [5.41, 5.74) is 1.38. The Balaban J connectivity index is 1.89. The molecule has 4 atom stereocenters. The topological polar surface area (TPSA) is 76.7 Å². The van der Waals surface area contributed by atoms with Gasteiger partial charge in [0.1, 0.15) is 6.61 Å². The molecule has 0 amide bonds. The molecule has 0 aromatic carbocycles. The molecule has 5 nitrogen and oxygen atoms in total. The largest absolute Gasteiger partial charge is 0.481 e. The van der Waals surface area contributed by atoms with Gasteiger partial charge < -0.3 is 14.3 Å². The van der Waals surface area contributed by atoms with E-state index in [1.807, 2.05) is 12.1 Å². The highest BCUT2D eigenvalue weighted by Gasteiger charge is 2.60. The maximum Gasteiger partial charge on any atom is 0.333 e. The molecule has 2 aliphatic rings. The van der Waals surface area contributed by atoms with Gasteiger partial charge in [-0.2, -0.15) is 0 Å². The fraction of sp³-hybridized carbons (Fsp3) is 0.600. The zero-order chi connectivity index (χ0) is 21.9. The summed E-state index contributed by atoms with van der Waals surface area (Å²) < 4.78 is 10.7. The molecule has 1 heterocycles. The molecule has 1 saturated carbocycles.